The smallest absolute Gasteiger partial charge is 0.321 e. The van der Waals surface area contributed by atoms with Gasteiger partial charge < -0.3 is 15.4 Å². The van der Waals surface area contributed by atoms with E-state index in [1.807, 2.05) is 38.1 Å². The van der Waals surface area contributed by atoms with Crippen molar-refractivity contribution in [3.8, 4) is 0 Å². The molecule has 0 saturated carbocycles. The number of benzene rings is 1. The van der Waals surface area contributed by atoms with Crippen LogP contribution in [-0.2, 0) is 16.1 Å². The summed E-state index contributed by atoms with van der Waals surface area (Å²) in [7, 11) is 0. The van der Waals surface area contributed by atoms with Crippen molar-refractivity contribution in [2.75, 3.05) is 11.9 Å². The van der Waals surface area contributed by atoms with Crippen LogP contribution in [0.25, 0.3) is 0 Å². The van der Waals surface area contributed by atoms with Crippen LogP contribution in [0.1, 0.15) is 33.3 Å². The second kappa shape index (κ2) is 9.04. The molecule has 0 spiro atoms. The zero-order chi connectivity index (χ0) is 16.5. The maximum Gasteiger partial charge on any atom is 0.321 e. The molecule has 0 radical (unpaired) electrons. The van der Waals surface area contributed by atoms with Gasteiger partial charge >= 0.3 is 6.03 Å². The van der Waals surface area contributed by atoms with Gasteiger partial charge in [0.05, 0.1) is 12.7 Å². The third-order valence-corrected chi connectivity index (χ3v) is 2.86. The largest absolute Gasteiger partial charge is 0.374 e. The van der Waals surface area contributed by atoms with Crippen LogP contribution in [0.4, 0.5) is 10.5 Å². The fourth-order valence-corrected chi connectivity index (χ4v) is 1.75. The molecule has 0 heterocycles. The Hall–Kier alpha value is -2.08. The SMILES string of the molecule is CCNC(=O)NC(=O)[C@H](C)Nc1cccc(COC(C)C)c1. The molecule has 0 aliphatic rings. The molecule has 0 bridgehead atoms. The average Bonchev–Trinajstić information content (AvgIpc) is 2.45. The van der Waals surface area contributed by atoms with Gasteiger partial charge in [-0.05, 0) is 45.4 Å². The molecule has 1 aromatic rings. The summed E-state index contributed by atoms with van der Waals surface area (Å²) < 4.78 is 5.55. The van der Waals surface area contributed by atoms with Crippen LogP contribution in [0.2, 0.25) is 0 Å². The molecule has 0 saturated heterocycles. The fourth-order valence-electron chi connectivity index (χ4n) is 1.75. The van der Waals surface area contributed by atoms with Crippen LogP contribution < -0.4 is 16.0 Å². The molecule has 0 fully saturated rings. The van der Waals surface area contributed by atoms with Gasteiger partial charge in [0.1, 0.15) is 6.04 Å². The van der Waals surface area contributed by atoms with Crippen molar-refractivity contribution in [2.24, 2.45) is 0 Å². The predicted molar refractivity (Wildman–Crippen MR) is 86.7 cm³/mol. The van der Waals surface area contributed by atoms with Crippen LogP contribution in [0.3, 0.4) is 0 Å². The normalized spacial score (nSPS) is 11.9. The summed E-state index contributed by atoms with van der Waals surface area (Å²) >= 11 is 0. The van der Waals surface area contributed by atoms with Crippen molar-refractivity contribution in [2.45, 2.75) is 46.4 Å². The lowest BCUT2D eigenvalue weighted by Crippen LogP contribution is -2.45. The molecule has 0 aliphatic heterocycles. The second-order valence-electron chi connectivity index (χ2n) is 5.27. The minimum absolute atomic E-state index is 0.165. The monoisotopic (exact) mass is 307 g/mol. The van der Waals surface area contributed by atoms with Crippen molar-refractivity contribution >= 4 is 17.6 Å². The first-order chi connectivity index (χ1) is 10.4. The van der Waals surface area contributed by atoms with E-state index in [9.17, 15) is 9.59 Å². The third-order valence-electron chi connectivity index (χ3n) is 2.86. The molecule has 0 aromatic heterocycles. The Morgan fingerprint density at radius 3 is 2.59 bits per heavy atom. The number of ether oxygens (including phenoxy) is 1. The van der Waals surface area contributed by atoms with E-state index >= 15 is 0 Å². The van der Waals surface area contributed by atoms with Crippen molar-refractivity contribution in [3.05, 3.63) is 29.8 Å². The van der Waals surface area contributed by atoms with Crippen LogP contribution in [0, 0.1) is 0 Å². The van der Waals surface area contributed by atoms with E-state index in [1.165, 1.54) is 0 Å². The number of hydrogen-bond acceptors (Lipinski definition) is 4. The number of hydrogen-bond donors (Lipinski definition) is 3. The van der Waals surface area contributed by atoms with Gasteiger partial charge in [-0.3, -0.25) is 10.1 Å². The van der Waals surface area contributed by atoms with E-state index in [0.29, 0.717) is 13.2 Å². The highest BCUT2D eigenvalue weighted by Gasteiger charge is 2.15. The molecule has 0 aliphatic carbocycles. The number of carbonyl (C=O) groups is 2. The lowest BCUT2D eigenvalue weighted by Gasteiger charge is -2.16. The Morgan fingerprint density at radius 2 is 1.95 bits per heavy atom. The maximum atomic E-state index is 11.9. The molecular weight excluding hydrogens is 282 g/mol. The first-order valence-electron chi connectivity index (χ1n) is 7.48. The molecule has 122 valence electrons. The Kier molecular flexibility index (Phi) is 7.39. The van der Waals surface area contributed by atoms with Crippen LogP contribution in [-0.4, -0.2) is 30.6 Å². The highest BCUT2D eigenvalue weighted by molar-refractivity contribution is 5.97. The van der Waals surface area contributed by atoms with Crippen molar-refractivity contribution < 1.29 is 14.3 Å². The summed E-state index contributed by atoms with van der Waals surface area (Å²) in [5.41, 5.74) is 1.83. The molecule has 1 aromatic carbocycles. The number of anilines is 1. The number of amides is 3. The lowest BCUT2D eigenvalue weighted by atomic mass is 10.2. The second-order valence-corrected chi connectivity index (χ2v) is 5.27. The molecule has 1 rings (SSSR count). The van der Waals surface area contributed by atoms with E-state index < -0.39 is 12.1 Å². The van der Waals surface area contributed by atoms with Crippen molar-refractivity contribution in [1.29, 1.82) is 0 Å². The first-order valence-corrected chi connectivity index (χ1v) is 7.48. The molecule has 3 N–H and O–H groups in total. The lowest BCUT2D eigenvalue weighted by molar-refractivity contribution is -0.120. The summed E-state index contributed by atoms with van der Waals surface area (Å²) in [5.74, 6) is -0.380. The summed E-state index contributed by atoms with van der Waals surface area (Å²) in [6, 6.07) is 6.65. The Bertz CT molecular complexity index is 503. The van der Waals surface area contributed by atoms with E-state index in [4.69, 9.17) is 4.74 Å². The van der Waals surface area contributed by atoms with Crippen LogP contribution in [0.5, 0.6) is 0 Å². The molecule has 0 unspecified atom stereocenters. The van der Waals surface area contributed by atoms with E-state index in [1.54, 1.807) is 13.8 Å². The highest BCUT2D eigenvalue weighted by atomic mass is 16.5. The number of rotatable bonds is 7. The molecular formula is C16H25N3O3. The predicted octanol–water partition coefficient (Wildman–Crippen LogP) is 2.26. The summed E-state index contributed by atoms with van der Waals surface area (Å²) in [4.78, 5) is 23.2. The Morgan fingerprint density at radius 1 is 1.23 bits per heavy atom. The first kappa shape index (κ1) is 18.0. The number of carbonyl (C=O) groups excluding carboxylic acids is 2. The Balaban J connectivity index is 2.56. The van der Waals surface area contributed by atoms with E-state index in [0.717, 1.165) is 11.3 Å². The van der Waals surface area contributed by atoms with Gasteiger partial charge in [-0.2, -0.15) is 0 Å². The standard InChI is InChI=1S/C16H25N3O3/c1-5-17-16(21)19-15(20)12(4)18-14-8-6-7-13(9-14)10-22-11(2)3/h6-9,11-12,18H,5,10H2,1-4H3,(H2,17,19,20,21)/t12-/m0/s1. The number of urea groups is 1. The Labute approximate surface area is 131 Å². The van der Waals surface area contributed by atoms with Gasteiger partial charge in [0.15, 0.2) is 0 Å². The van der Waals surface area contributed by atoms with Gasteiger partial charge in [-0.15, -0.1) is 0 Å². The fraction of sp³-hybridized carbons (Fsp3) is 0.500. The van der Waals surface area contributed by atoms with Crippen LogP contribution in [0.15, 0.2) is 24.3 Å². The molecule has 6 nitrogen and oxygen atoms in total. The average molecular weight is 307 g/mol. The summed E-state index contributed by atoms with van der Waals surface area (Å²) in [6.07, 6.45) is 0.165. The number of nitrogens with one attached hydrogen (secondary N) is 3. The zero-order valence-electron chi connectivity index (χ0n) is 13.6. The highest BCUT2D eigenvalue weighted by Crippen LogP contribution is 2.13. The minimum atomic E-state index is -0.524. The third kappa shape index (κ3) is 6.58. The van der Waals surface area contributed by atoms with E-state index in [-0.39, 0.29) is 12.0 Å². The van der Waals surface area contributed by atoms with Gasteiger partial charge in [0.2, 0.25) is 5.91 Å². The quantitative estimate of drug-likeness (QED) is 0.722. The molecule has 22 heavy (non-hydrogen) atoms. The molecule has 1 atom stereocenters. The van der Waals surface area contributed by atoms with Gasteiger partial charge in [0, 0.05) is 12.2 Å². The van der Waals surface area contributed by atoms with Gasteiger partial charge in [0.25, 0.3) is 0 Å². The van der Waals surface area contributed by atoms with Gasteiger partial charge in [-0.25, -0.2) is 4.79 Å². The summed E-state index contributed by atoms with van der Waals surface area (Å²) in [5, 5.41) is 7.87. The van der Waals surface area contributed by atoms with Gasteiger partial charge in [-0.1, -0.05) is 12.1 Å². The van der Waals surface area contributed by atoms with Crippen LogP contribution >= 0.6 is 0 Å². The number of imide groups is 1. The maximum absolute atomic E-state index is 11.9. The van der Waals surface area contributed by atoms with E-state index in [2.05, 4.69) is 16.0 Å². The minimum Gasteiger partial charge on any atom is -0.374 e. The van der Waals surface area contributed by atoms with Crippen molar-refractivity contribution in [3.63, 3.8) is 0 Å². The topological polar surface area (TPSA) is 79.5 Å². The van der Waals surface area contributed by atoms with Crippen molar-refractivity contribution in [1.82, 2.24) is 10.6 Å². The zero-order valence-corrected chi connectivity index (χ0v) is 13.6. The molecule has 3 amide bonds. The summed E-state index contributed by atoms with van der Waals surface area (Å²) in [6.45, 7) is 8.44. The molecule has 6 heteroatoms.